The van der Waals surface area contributed by atoms with Gasteiger partial charge in [0.05, 0.1) is 17.3 Å². The van der Waals surface area contributed by atoms with E-state index in [1.54, 1.807) is 30.8 Å². The third-order valence-corrected chi connectivity index (χ3v) is 3.42. The maximum atomic E-state index is 12.3. The van der Waals surface area contributed by atoms with E-state index in [0.717, 1.165) is 11.4 Å². The zero-order valence-electron chi connectivity index (χ0n) is 12.9. The van der Waals surface area contributed by atoms with Crippen LogP contribution in [0.4, 0.5) is 0 Å². The van der Waals surface area contributed by atoms with Crippen LogP contribution in [0.25, 0.3) is 5.69 Å². The summed E-state index contributed by atoms with van der Waals surface area (Å²) in [6, 6.07) is 8.97. The highest BCUT2D eigenvalue weighted by Gasteiger charge is 2.18. The van der Waals surface area contributed by atoms with Crippen molar-refractivity contribution in [1.29, 1.82) is 0 Å². The number of benzene rings is 1. The van der Waals surface area contributed by atoms with Crippen molar-refractivity contribution in [2.75, 3.05) is 13.6 Å². The lowest BCUT2D eigenvalue weighted by Gasteiger charge is -2.19. The summed E-state index contributed by atoms with van der Waals surface area (Å²) >= 11 is 0. The largest absolute Gasteiger partial charge is 0.481 e. The molecule has 6 heteroatoms. The van der Waals surface area contributed by atoms with Gasteiger partial charge in [-0.3, -0.25) is 9.59 Å². The molecule has 2 rings (SSSR count). The van der Waals surface area contributed by atoms with E-state index in [1.165, 1.54) is 4.90 Å². The van der Waals surface area contributed by atoms with Gasteiger partial charge in [0.2, 0.25) is 0 Å². The molecule has 1 unspecified atom stereocenters. The van der Waals surface area contributed by atoms with E-state index in [9.17, 15) is 9.59 Å². The lowest BCUT2D eigenvalue weighted by molar-refractivity contribution is -0.141. The molecular weight excluding hydrogens is 282 g/mol. The third-order valence-electron chi connectivity index (χ3n) is 3.42. The average Bonchev–Trinajstić information content (AvgIpc) is 2.93. The molecule has 0 bridgehead atoms. The maximum Gasteiger partial charge on any atom is 0.308 e. The Morgan fingerprint density at radius 2 is 1.91 bits per heavy atom. The fourth-order valence-corrected chi connectivity index (χ4v) is 2.11. The number of carbonyl (C=O) groups is 2. The van der Waals surface area contributed by atoms with Gasteiger partial charge in [-0.25, -0.2) is 4.68 Å². The molecule has 1 aromatic heterocycles. The highest BCUT2D eigenvalue weighted by Crippen LogP contribution is 2.12. The van der Waals surface area contributed by atoms with Gasteiger partial charge in [0.25, 0.3) is 5.91 Å². The van der Waals surface area contributed by atoms with Gasteiger partial charge in [0.1, 0.15) is 0 Å². The second kappa shape index (κ2) is 6.43. The molecule has 1 atom stereocenters. The molecule has 6 nitrogen and oxygen atoms in total. The van der Waals surface area contributed by atoms with Gasteiger partial charge >= 0.3 is 5.97 Å². The highest BCUT2D eigenvalue weighted by atomic mass is 16.4. The van der Waals surface area contributed by atoms with Crippen LogP contribution in [-0.4, -0.2) is 45.3 Å². The Hall–Kier alpha value is -2.63. The Bertz CT molecular complexity index is 676. The van der Waals surface area contributed by atoms with E-state index >= 15 is 0 Å². The van der Waals surface area contributed by atoms with Crippen LogP contribution >= 0.6 is 0 Å². The molecule has 0 aliphatic rings. The Kier molecular flexibility index (Phi) is 4.60. The minimum atomic E-state index is -0.913. The van der Waals surface area contributed by atoms with Crippen LogP contribution in [0.5, 0.6) is 0 Å². The molecule has 0 aliphatic heterocycles. The molecule has 0 spiro atoms. The molecule has 1 N–H and O–H groups in total. The minimum absolute atomic E-state index is 0.175. The Balaban J connectivity index is 2.09. The van der Waals surface area contributed by atoms with Crippen LogP contribution in [-0.2, 0) is 4.79 Å². The number of aliphatic carboxylic acids is 1. The molecule has 1 amide bonds. The van der Waals surface area contributed by atoms with Gasteiger partial charge in [-0.2, -0.15) is 5.10 Å². The van der Waals surface area contributed by atoms with E-state index in [4.69, 9.17) is 5.11 Å². The van der Waals surface area contributed by atoms with Gasteiger partial charge in [-0.05, 0) is 37.3 Å². The van der Waals surface area contributed by atoms with Crippen molar-refractivity contribution in [2.24, 2.45) is 5.92 Å². The zero-order valence-corrected chi connectivity index (χ0v) is 12.9. The maximum absolute atomic E-state index is 12.3. The number of nitrogens with zero attached hydrogens (tertiary/aromatic N) is 3. The molecule has 2 aromatic rings. The van der Waals surface area contributed by atoms with Crippen LogP contribution in [0, 0.1) is 12.8 Å². The van der Waals surface area contributed by atoms with Gasteiger partial charge < -0.3 is 10.0 Å². The minimum Gasteiger partial charge on any atom is -0.481 e. The van der Waals surface area contributed by atoms with Gasteiger partial charge in [-0.15, -0.1) is 0 Å². The number of hydrogen-bond acceptors (Lipinski definition) is 3. The van der Waals surface area contributed by atoms with Crippen LogP contribution in [0.15, 0.2) is 36.5 Å². The normalized spacial score (nSPS) is 12.0. The fourth-order valence-electron chi connectivity index (χ4n) is 2.11. The number of carboxylic acid groups (broad SMARTS) is 1. The molecule has 0 radical (unpaired) electrons. The predicted molar refractivity (Wildman–Crippen MR) is 82.1 cm³/mol. The number of aryl methyl sites for hydroxylation is 1. The molecule has 0 aliphatic carbocycles. The van der Waals surface area contributed by atoms with Crippen molar-refractivity contribution in [3.05, 3.63) is 47.8 Å². The second-order valence-corrected chi connectivity index (χ2v) is 5.37. The van der Waals surface area contributed by atoms with E-state index < -0.39 is 11.9 Å². The summed E-state index contributed by atoms with van der Waals surface area (Å²) in [6.45, 7) is 3.66. The van der Waals surface area contributed by atoms with Crippen molar-refractivity contribution in [1.82, 2.24) is 14.7 Å². The SMILES string of the molecule is Cc1ccn(-c2ccc(C(=O)N(C)CC(C)C(=O)O)cc2)n1. The standard InChI is InChI=1S/C16H19N3O3/c1-11(16(21)22)10-18(3)15(20)13-4-6-14(7-5-13)19-9-8-12(2)17-19/h4-9,11H,10H2,1-3H3,(H,21,22). The topological polar surface area (TPSA) is 75.4 Å². The summed E-state index contributed by atoms with van der Waals surface area (Å²) < 4.78 is 1.74. The molecule has 0 saturated heterocycles. The predicted octanol–water partition coefficient (Wildman–Crippen LogP) is 1.97. The molecule has 0 saturated carbocycles. The highest BCUT2D eigenvalue weighted by molar-refractivity contribution is 5.94. The van der Waals surface area contributed by atoms with Crippen molar-refractivity contribution >= 4 is 11.9 Å². The average molecular weight is 301 g/mol. The van der Waals surface area contributed by atoms with Crippen molar-refractivity contribution < 1.29 is 14.7 Å². The second-order valence-electron chi connectivity index (χ2n) is 5.37. The first kappa shape index (κ1) is 15.8. The molecule has 0 fully saturated rings. The molecule has 1 aromatic carbocycles. The number of rotatable bonds is 5. The first-order valence-electron chi connectivity index (χ1n) is 6.99. The van der Waals surface area contributed by atoms with Crippen LogP contribution in [0.1, 0.15) is 23.0 Å². The van der Waals surface area contributed by atoms with Gasteiger partial charge in [-0.1, -0.05) is 6.92 Å². The summed E-state index contributed by atoms with van der Waals surface area (Å²) in [6.07, 6.45) is 1.85. The van der Waals surface area contributed by atoms with Crippen molar-refractivity contribution in [3.63, 3.8) is 0 Å². The summed E-state index contributed by atoms with van der Waals surface area (Å²) in [7, 11) is 1.60. The number of carboxylic acids is 1. The summed E-state index contributed by atoms with van der Waals surface area (Å²) in [4.78, 5) is 24.5. The number of hydrogen-bond donors (Lipinski definition) is 1. The fraction of sp³-hybridized carbons (Fsp3) is 0.312. The lowest BCUT2D eigenvalue weighted by atomic mass is 10.1. The Morgan fingerprint density at radius 3 is 2.41 bits per heavy atom. The lowest BCUT2D eigenvalue weighted by Crippen LogP contribution is -2.33. The number of aromatic nitrogens is 2. The van der Waals surface area contributed by atoms with Crippen LogP contribution < -0.4 is 0 Å². The monoisotopic (exact) mass is 301 g/mol. The summed E-state index contributed by atoms with van der Waals surface area (Å²) in [5.74, 6) is -1.71. The van der Waals surface area contributed by atoms with Gasteiger partial charge in [0, 0.05) is 25.4 Å². The van der Waals surface area contributed by atoms with E-state index in [2.05, 4.69) is 5.10 Å². The van der Waals surface area contributed by atoms with E-state index in [1.807, 2.05) is 31.3 Å². The number of amides is 1. The van der Waals surface area contributed by atoms with Crippen LogP contribution in [0.3, 0.4) is 0 Å². The first-order chi connectivity index (χ1) is 10.4. The quantitative estimate of drug-likeness (QED) is 0.916. The smallest absolute Gasteiger partial charge is 0.308 e. The summed E-state index contributed by atoms with van der Waals surface area (Å²) in [5.41, 5.74) is 2.31. The van der Waals surface area contributed by atoms with E-state index in [-0.39, 0.29) is 12.5 Å². The first-order valence-corrected chi connectivity index (χ1v) is 6.99. The molecule has 22 heavy (non-hydrogen) atoms. The van der Waals surface area contributed by atoms with Crippen molar-refractivity contribution in [2.45, 2.75) is 13.8 Å². The Labute approximate surface area is 129 Å². The summed E-state index contributed by atoms with van der Waals surface area (Å²) in [5, 5.41) is 13.2. The zero-order chi connectivity index (χ0) is 16.3. The van der Waals surface area contributed by atoms with Crippen molar-refractivity contribution in [3.8, 4) is 5.69 Å². The molecule has 116 valence electrons. The van der Waals surface area contributed by atoms with Gasteiger partial charge in [0.15, 0.2) is 0 Å². The van der Waals surface area contributed by atoms with E-state index in [0.29, 0.717) is 5.56 Å². The molecular formula is C16H19N3O3. The van der Waals surface area contributed by atoms with Crippen LogP contribution in [0.2, 0.25) is 0 Å². The Morgan fingerprint density at radius 1 is 1.27 bits per heavy atom. The number of carbonyl (C=O) groups excluding carboxylic acids is 1. The molecule has 1 heterocycles. The third kappa shape index (κ3) is 3.52.